The van der Waals surface area contributed by atoms with Crippen molar-refractivity contribution in [2.45, 2.75) is 6.42 Å². The summed E-state index contributed by atoms with van der Waals surface area (Å²) in [6.45, 7) is 0. The molecule has 0 radical (unpaired) electrons. The first-order valence-electron chi connectivity index (χ1n) is 6.03. The maximum absolute atomic E-state index is 5.86. The second-order valence-electron chi connectivity index (χ2n) is 4.19. The van der Waals surface area contributed by atoms with E-state index >= 15 is 0 Å². The van der Waals surface area contributed by atoms with Crippen molar-refractivity contribution >= 4 is 16.5 Å². The van der Waals surface area contributed by atoms with Crippen molar-refractivity contribution < 1.29 is 0 Å². The lowest BCUT2D eigenvalue weighted by molar-refractivity contribution is 1.09. The Kier molecular flexibility index (Phi) is 3.25. The summed E-state index contributed by atoms with van der Waals surface area (Å²) in [4.78, 5) is 9.96. The zero-order chi connectivity index (χ0) is 13.1. The molecule has 0 fully saturated rings. The molecule has 19 heavy (non-hydrogen) atoms. The van der Waals surface area contributed by atoms with Gasteiger partial charge in [-0.25, -0.2) is 4.98 Å². The number of aromatic nitrogens is 2. The molecule has 0 saturated heterocycles. The Bertz CT molecular complexity index is 662. The van der Waals surface area contributed by atoms with Gasteiger partial charge in [0.25, 0.3) is 0 Å². The van der Waals surface area contributed by atoms with Crippen LogP contribution in [0.15, 0.2) is 54.7 Å². The molecule has 0 unspecified atom stereocenters. The number of hydrogen-bond donors (Lipinski definition) is 1. The van der Waals surface area contributed by atoms with Crippen LogP contribution in [0.3, 0.4) is 0 Å². The van der Waals surface area contributed by atoms with Gasteiger partial charge in [0.05, 0.1) is 5.69 Å². The summed E-state index contributed by atoms with van der Waals surface area (Å²) in [6.07, 6.45) is 2.57. The summed E-state index contributed by atoms with van der Waals surface area (Å²) in [5.74, 6) is 0. The number of hydrogen-bond acceptors (Lipinski definition) is 4. The normalized spacial score (nSPS) is 10.5. The van der Waals surface area contributed by atoms with E-state index in [0.717, 1.165) is 28.2 Å². The van der Waals surface area contributed by atoms with Crippen LogP contribution in [0, 0.1) is 0 Å². The minimum Gasteiger partial charge on any atom is -0.375 e. The third-order valence-electron chi connectivity index (χ3n) is 2.83. The molecule has 2 aromatic heterocycles. The molecule has 0 atom stereocenters. The summed E-state index contributed by atoms with van der Waals surface area (Å²) < 4.78 is 0. The van der Waals surface area contributed by atoms with Crippen molar-refractivity contribution in [3.8, 4) is 11.3 Å². The maximum Gasteiger partial charge on any atom is 0.180 e. The summed E-state index contributed by atoms with van der Waals surface area (Å²) in [6, 6.07) is 16.1. The van der Waals surface area contributed by atoms with Gasteiger partial charge in [0.2, 0.25) is 0 Å². The van der Waals surface area contributed by atoms with Gasteiger partial charge in [0.1, 0.15) is 0 Å². The summed E-state index contributed by atoms with van der Waals surface area (Å²) in [5.41, 5.74) is 8.95. The second kappa shape index (κ2) is 5.20. The monoisotopic (exact) mass is 267 g/mol. The number of pyridine rings is 1. The number of rotatable bonds is 3. The fraction of sp³-hybridized carbons (Fsp3) is 0.0667. The van der Waals surface area contributed by atoms with Crippen LogP contribution in [0.2, 0.25) is 0 Å². The first-order valence-corrected chi connectivity index (χ1v) is 6.85. The van der Waals surface area contributed by atoms with E-state index in [-0.39, 0.29) is 0 Å². The van der Waals surface area contributed by atoms with Crippen molar-refractivity contribution in [1.82, 2.24) is 9.97 Å². The fourth-order valence-electron chi connectivity index (χ4n) is 1.98. The molecule has 0 aliphatic carbocycles. The van der Waals surface area contributed by atoms with Crippen molar-refractivity contribution in [2.75, 3.05) is 5.73 Å². The van der Waals surface area contributed by atoms with Crippen molar-refractivity contribution in [3.05, 3.63) is 65.3 Å². The van der Waals surface area contributed by atoms with Crippen molar-refractivity contribution in [1.29, 1.82) is 0 Å². The quantitative estimate of drug-likeness (QED) is 0.791. The Balaban J connectivity index is 1.99. The third kappa shape index (κ3) is 2.63. The number of nitrogens with two attached hydrogens (primary N) is 1. The largest absolute Gasteiger partial charge is 0.375 e. The van der Waals surface area contributed by atoms with E-state index in [1.807, 2.05) is 42.6 Å². The minimum atomic E-state index is 0.602. The molecule has 1 aromatic carbocycles. The molecule has 0 aliphatic heterocycles. The Morgan fingerprint density at radius 1 is 1.00 bits per heavy atom. The topological polar surface area (TPSA) is 51.8 Å². The van der Waals surface area contributed by atoms with Crippen LogP contribution >= 0.6 is 11.3 Å². The van der Waals surface area contributed by atoms with Crippen LogP contribution in [0.4, 0.5) is 5.13 Å². The van der Waals surface area contributed by atoms with E-state index in [2.05, 4.69) is 22.1 Å². The van der Waals surface area contributed by atoms with Crippen molar-refractivity contribution in [2.24, 2.45) is 0 Å². The van der Waals surface area contributed by atoms with E-state index in [0.29, 0.717) is 5.13 Å². The van der Waals surface area contributed by atoms with Gasteiger partial charge in [-0.1, -0.05) is 36.4 Å². The number of thiazole rings is 1. The highest BCUT2D eigenvalue weighted by atomic mass is 32.1. The average molecular weight is 267 g/mol. The first-order chi connectivity index (χ1) is 9.33. The molecule has 0 spiro atoms. The molecule has 0 saturated carbocycles. The zero-order valence-corrected chi connectivity index (χ0v) is 11.1. The van der Waals surface area contributed by atoms with Crippen LogP contribution < -0.4 is 5.73 Å². The SMILES string of the molecule is Nc1nc(-c2ccccc2)c(Cc2ccccn2)s1. The molecule has 3 nitrogen and oxygen atoms in total. The van der Waals surface area contributed by atoms with E-state index in [1.54, 1.807) is 0 Å². The molecule has 4 heteroatoms. The van der Waals surface area contributed by atoms with Gasteiger partial charge >= 0.3 is 0 Å². The molecule has 2 N–H and O–H groups in total. The lowest BCUT2D eigenvalue weighted by Crippen LogP contribution is -1.91. The van der Waals surface area contributed by atoms with Gasteiger partial charge in [-0.05, 0) is 12.1 Å². The molecular formula is C15H13N3S. The van der Waals surface area contributed by atoms with Gasteiger partial charge in [-0.3, -0.25) is 4.98 Å². The first kappa shape index (κ1) is 11.9. The van der Waals surface area contributed by atoms with Crippen molar-refractivity contribution in [3.63, 3.8) is 0 Å². The standard InChI is InChI=1S/C15H13N3S/c16-15-18-14(11-6-2-1-3-7-11)13(19-15)10-12-8-4-5-9-17-12/h1-9H,10H2,(H2,16,18). The van der Waals surface area contributed by atoms with E-state index in [4.69, 9.17) is 5.73 Å². The molecule has 3 aromatic rings. The van der Waals surface area contributed by atoms with Crippen LogP contribution in [0.5, 0.6) is 0 Å². The van der Waals surface area contributed by atoms with Gasteiger partial charge in [0.15, 0.2) is 5.13 Å². The highest BCUT2D eigenvalue weighted by molar-refractivity contribution is 7.15. The Morgan fingerprint density at radius 3 is 2.53 bits per heavy atom. The lowest BCUT2D eigenvalue weighted by Gasteiger charge is -2.02. The predicted molar refractivity (Wildman–Crippen MR) is 79.0 cm³/mol. The summed E-state index contributed by atoms with van der Waals surface area (Å²) in [7, 11) is 0. The molecule has 3 rings (SSSR count). The Hall–Kier alpha value is -2.20. The van der Waals surface area contributed by atoms with Gasteiger partial charge < -0.3 is 5.73 Å². The lowest BCUT2D eigenvalue weighted by atomic mass is 10.1. The van der Waals surface area contributed by atoms with E-state index < -0.39 is 0 Å². The van der Waals surface area contributed by atoms with Crippen LogP contribution in [-0.2, 0) is 6.42 Å². The van der Waals surface area contributed by atoms with Gasteiger partial charge in [-0.15, -0.1) is 11.3 Å². The van der Waals surface area contributed by atoms with E-state index in [9.17, 15) is 0 Å². The molecular weight excluding hydrogens is 254 g/mol. The van der Waals surface area contributed by atoms with Crippen LogP contribution in [0.25, 0.3) is 11.3 Å². The van der Waals surface area contributed by atoms with Gasteiger partial charge in [0, 0.05) is 28.8 Å². The Labute approximate surface area is 115 Å². The number of nitrogens with zero attached hydrogens (tertiary/aromatic N) is 2. The summed E-state index contributed by atoms with van der Waals surface area (Å²) >= 11 is 1.53. The average Bonchev–Trinajstić information content (AvgIpc) is 2.82. The van der Waals surface area contributed by atoms with Gasteiger partial charge in [-0.2, -0.15) is 0 Å². The molecule has 94 valence electrons. The predicted octanol–water partition coefficient (Wildman–Crippen LogP) is 3.38. The molecule has 2 heterocycles. The maximum atomic E-state index is 5.86. The van der Waals surface area contributed by atoms with Crippen LogP contribution in [-0.4, -0.2) is 9.97 Å². The van der Waals surface area contributed by atoms with Crippen LogP contribution in [0.1, 0.15) is 10.6 Å². The number of anilines is 1. The number of nitrogen functional groups attached to an aromatic ring is 1. The highest BCUT2D eigenvalue weighted by Gasteiger charge is 2.12. The van der Waals surface area contributed by atoms with E-state index in [1.165, 1.54) is 11.3 Å². The smallest absolute Gasteiger partial charge is 0.180 e. The third-order valence-corrected chi connectivity index (χ3v) is 3.71. The number of benzene rings is 1. The molecule has 0 bridgehead atoms. The zero-order valence-electron chi connectivity index (χ0n) is 10.3. The fourth-order valence-corrected chi connectivity index (χ4v) is 2.85. The highest BCUT2D eigenvalue weighted by Crippen LogP contribution is 2.30. The molecule has 0 aliphatic rings. The minimum absolute atomic E-state index is 0.602. The summed E-state index contributed by atoms with van der Waals surface area (Å²) in [5, 5.41) is 0.602. The second-order valence-corrected chi connectivity index (χ2v) is 5.30. The molecule has 0 amide bonds. The Morgan fingerprint density at radius 2 is 1.79 bits per heavy atom.